The van der Waals surface area contributed by atoms with E-state index in [1.807, 2.05) is 0 Å². The van der Waals surface area contributed by atoms with E-state index in [0.29, 0.717) is 6.42 Å². The molecular weight excluding hydrogens is 595 g/mol. The Kier molecular flexibility index (Phi) is 40.5. The number of unbranched alkanes of at least 4 members (excludes halogenated alkanes) is 11. The Balaban J connectivity index is -0.000000982. The number of allylic oxidation sites excluding steroid dienone is 2. The highest BCUT2D eigenvalue weighted by Crippen LogP contribution is 2.36. The summed E-state index contributed by atoms with van der Waals surface area (Å²) in [5, 5.41) is 0. The predicted octanol–water partition coefficient (Wildman–Crippen LogP) is 8.50. The van der Waals surface area contributed by atoms with Gasteiger partial charge in [0.15, 0.2) is 0 Å². The van der Waals surface area contributed by atoms with Gasteiger partial charge < -0.3 is 33.6 Å². The first-order valence-electron chi connectivity index (χ1n) is 17.6. The van der Waals surface area contributed by atoms with E-state index < -0.39 is 12.8 Å². The first-order valence-corrected chi connectivity index (χ1v) is 20.2. The third kappa shape index (κ3) is 39.6. The monoisotopic (exact) mass is 668 g/mol. The molecule has 10 heteroatoms. The van der Waals surface area contributed by atoms with Gasteiger partial charge in [0.2, 0.25) is 0 Å². The molecule has 0 aromatic carbocycles. The van der Waals surface area contributed by atoms with Crippen LogP contribution in [0.15, 0.2) is 12.2 Å². The van der Waals surface area contributed by atoms with Crippen molar-refractivity contribution >= 4 is 24.5 Å². The second-order valence-electron chi connectivity index (χ2n) is 10.9. The zero-order chi connectivity index (χ0) is 33.9. The Labute approximate surface area is 278 Å². The lowest BCUT2D eigenvalue weighted by molar-refractivity contribution is -0.148. The lowest BCUT2D eigenvalue weighted by Crippen LogP contribution is -2.25. The Bertz CT molecular complexity index is 635. The summed E-state index contributed by atoms with van der Waals surface area (Å²) in [6.07, 6.45) is 20.3. The van der Waals surface area contributed by atoms with Crippen LogP contribution in [0.5, 0.6) is 0 Å². The number of methoxy groups -OCH3 is 1. The van der Waals surface area contributed by atoms with Crippen molar-refractivity contribution in [1.82, 2.24) is 9.80 Å². The maximum atomic E-state index is 11.8. The molecule has 0 unspecified atom stereocenters. The van der Waals surface area contributed by atoms with E-state index in [9.17, 15) is 4.79 Å². The third-order valence-corrected chi connectivity index (χ3v) is 8.32. The summed E-state index contributed by atoms with van der Waals surface area (Å²) in [5.74, 6) is -0.276. The molecule has 1 atom stereocenters. The second-order valence-corrected chi connectivity index (χ2v) is 13.6. The van der Waals surface area contributed by atoms with Crippen LogP contribution >= 0.6 is 6.72 Å². The van der Waals surface area contributed by atoms with Crippen LogP contribution in [0.1, 0.15) is 138 Å². The third-order valence-electron chi connectivity index (χ3n) is 7.52. The number of hydrogen-bond donors (Lipinski definition) is 2. The molecule has 0 saturated heterocycles. The Hall–Kier alpha value is -0.380. The molecule has 0 aliphatic heterocycles. The van der Waals surface area contributed by atoms with Gasteiger partial charge >= 0.3 is 12.7 Å². The zero-order valence-corrected chi connectivity index (χ0v) is 31.8. The molecule has 2 N–H and O–H groups in total. The fraction of sp³-hybridized carbons (Fsp3) is 0.912. The van der Waals surface area contributed by atoms with Crippen molar-refractivity contribution in [2.45, 2.75) is 144 Å². The second kappa shape index (κ2) is 37.1. The van der Waals surface area contributed by atoms with E-state index in [4.69, 9.17) is 23.8 Å². The fourth-order valence-electron chi connectivity index (χ4n) is 4.30. The van der Waals surface area contributed by atoms with Crippen molar-refractivity contribution in [3.8, 4) is 0 Å². The van der Waals surface area contributed by atoms with Crippen LogP contribution in [-0.2, 0) is 30.6 Å². The summed E-state index contributed by atoms with van der Waals surface area (Å²) >= 11 is 4.37. The van der Waals surface area contributed by atoms with Crippen molar-refractivity contribution in [2.24, 2.45) is 0 Å². The molecule has 0 rings (SSSR count). The van der Waals surface area contributed by atoms with Gasteiger partial charge in [-0.1, -0.05) is 112 Å². The SMILES string of the molecule is CCCCCCCCC=CCCCCCCCC(=O)OC[C@@H](COP(O)(O)=S)OC.CCN(CC)CC.CCN(CC)CC. The largest absolute Gasteiger partial charge is 0.463 e. The number of hydrogen-bond acceptors (Lipinski definition) is 7. The van der Waals surface area contributed by atoms with E-state index in [1.165, 1.54) is 104 Å². The number of esters is 1. The Morgan fingerprint density at radius 1 is 0.682 bits per heavy atom. The molecule has 0 heterocycles. The quantitative estimate of drug-likeness (QED) is 0.0387. The van der Waals surface area contributed by atoms with Crippen LogP contribution in [0.2, 0.25) is 0 Å². The summed E-state index contributed by atoms with van der Waals surface area (Å²) in [5.41, 5.74) is 0. The van der Waals surface area contributed by atoms with Crippen LogP contribution in [-0.4, -0.2) is 91.3 Å². The fourth-order valence-corrected chi connectivity index (χ4v) is 4.85. The molecule has 266 valence electrons. The summed E-state index contributed by atoms with van der Waals surface area (Å²) in [4.78, 5) is 34.6. The summed E-state index contributed by atoms with van der Waals surface area (Å²) in [7, 11) is 1.43. The summed E-state index contributed by atoms with van der Waals surface area (Å²) < 4.78 is 14.9. The van der Waals surface area contributed by atoms with Gasteiger partial charge in [0.1, 0.15) is 12.7 Å². The average molecular weight is 669 g/mol. The minimum absolute atomic E-state index is 0.00966. The van der Waals surface area contributed by atoms with Gasteiger partial charge in [0, 0.05) is 13.5 Å². The van der Waals surface area contributed by atoms with Crippen molar-refractivity contribution in [3.05, 3.63) is 12.2 Å². The molecule has 8 nitrogen and oxygen atoms in total. The lowest BCUT2D eigenvalue weighted by Gasteiger charge is -2.17. The minimum atomic E-state index is -3.72. The molecule has 0 spiro atoms. The molecule has 0 aliphatic carbocycles. The highest BCUT2D eigenvalue weighted by atomic mass is 32.5. The molecule has 0 amide bonds. The number of carbonyl (C=O) groups excluding carboxylic acids is 1. The molecule has 0 aliphatic rings. The smallest absolute Gasteiger partial charge is 0.321 e. The first kappa shape index (κ1) is 48.0. The van der Waals surface area contributed by atoms with Crippen LogP contribution < -0.4 is 0 Å². The number of carbonyl (C=O) groups is 1. The molecule has 0 saturated carbocycles. The van der Waals surface area contributed by atoms with E-state index in [1.54, 1.807) is 0 Å². The first-order chi connectivity index (χ1) is 21.1. The predicted molar refractivity (Wildman–Crippen MR) is 193 cm³/mol. The average Bonchev–Trinajstić information content (AvgIpc) is 3.01. The highest BCUT2D eigenvalue weighted by molar-refractivity contribution is 8.06. The van der Waals surface area contributed by atoms with E-state index in [-0.39, 0.29) is 19.2 Å². The van der Waals surface area contributed by atoms with Crippen molar-refractivity contribution in [2.75, 3.05) is 59.6 Å². The lowest BCUT2D eigenvalue weighted by atomic mass is 10.1. The van der Waals surface area contributed by atoms with Crippen LogP contribution in [0.25, 0.3) is 0 Å². The van der Waals surface area contributed by atoms with Gasteiger partial charge in [-0.3, -0.25) is 4.79 Å². The minimum Gasteiger partial charge on any atom is -0.463 e. The van der Waals surface area contributed by atoms with Gasteiger partial charge in [-0.2, -0.15) is 0 Å². The molecule has 44 heavy (non-hydrogen) atoms. The van der Waals surface area contributed by atoms with Gasteiger partial charge in [-0.05, 0) is 83.2 Å². The molecule has 0 bridgehead atoms. The van der Waals surface area contributed by atoms with Crippen molar-refractivity contribution < 1.29 is 28.6 Å². The molecule has 0 fully saturated rings. The summed E-state index contributed by atoms with van der Waals surface area (Å²) in [6.45, 7) is 18.7. The summed E-state index contributed by atoms with van der Waals surface area (Å²) in [6, 6.07) is 0. The number of ether oxygens (including phenoxy) is 2. The van der Waals surface area contributed by atoms with Crippen LogP contribution in [0.3, 0.4) is 0 Å². The van der Waals surface area contributed by atoms with E-state index >= 15 is 0 Å². The Morgan fingerprint density at radius 3 is 1.45 bits per heavy atom. The zero-order valence-electron chi connectivity index (χ0n) is 30.1. The molecule has 0 aromatic heterocycles. The topological polar surface area (TPSA) is 91.7 Å². The van der Waals surface area contributed by atoms with Crippen molar-refractivity contribution in [1.29, 1.82) is 0 Å². The van der Waals surface area contributed by atoms with Gasteiger partial charge in [0.25, 0.3) is 0 Å². The highest BCUT2D eigenvalue weighted by Gasteiger charge is 2.16. The normalized spacial score (nSPS) is 12.2. The molecule has 0 aromatic rings. The van der Waals surface area contributed by atoms with Crippen molar-refractivity contribution in [3.63, 3.8) is 0 Å². The molecular formula is C34H73N2O6PS. The van der Waals surface area contributed by atoms with Gasteiger partial charge in [-0.15, -0.1) is 0 Å². The molecule has 0 radical (unpaired) electrons. The Morgan fingerprint density at radius 2 is 1.09 bits per heavy atom. The number of nitrogens with zero attached hydrogens (tertiary/aromatic N) is 2. The van der Waals surface area contributed by atoms with Crippen LogP contribution in [0, 0.1) is 0 Å². The number of rotatable bonds is 27. The van der Waals surface area contributed by atoms with E-state index in [0.717, 1.165) is 25.7 Å². The van der Waals surface area contributed by atoms with Crippen LogP contribution in [0.4, 0.5) is 0 Å². The maximum Gasteiger partial charge on any atom is 0.321 e. The van der Waals surface area contributed by atoms with Gasteiger partial charge in [0.05, 0.1) is 6.61 Å². The standard InChI is InChI=1S/C22H43O6PS.2C6H15N/c1-3-4-5-6-7-8-9-10-11-12-13-14-15-16-17-18-22(23)27-19-21(26-2)20-28-29(24,25)30;2*1-4-7(5-2)6-3/h10-11,21H,3-9,12-20H2,1-2H3,(H2,24,25,30);2*4-6H2,1-3H3/t21-;;/m0../s1. The maximum absolute atomic E-state index is 11.8. The van der Waals surface area contributed by atoms with E-state index in [2.05, 4.69) is 82.2 Å². The van der Waals surface area contributed by atoms with Gasteiger partial charge in [-0.25, -0.2) is 0 Å².